The van der Waals surface area contributed by atoms with Crippen LogP contribution in [0.15, 0.2) is 30.6 Å². The second-order valence-electron chi connectivity index (χ2n) is 3.74. The zero-order valence-corrected chi connectivity index (χ0v) is 10.7. The standard InChI is InChI=1S/C12H11Cl2N3/c1-7-5-16-12(17-6-7)11(15)8-3-2-4-9(13)10(8)14/h2-6,11H,15H2,1H3. The van der Waals surface area contributed by atoms with Crippen molar-refractivity contribution < 1.29 is 0 Å². The normalized spacial score (nSPS) is 12.5. The fourth-order valence-corrected chi connectivity index (χ4v) is 1.89. The molecule has 1 unspecified atom stereocenters. The van der Waals surface area contributed by atoms with Crippen molar-refractivity contribution >= 4 is 23.2 Å². The van der Waals surface area contributed by atoms with Crippen molar-refractivity contribution in [3.63, 3.8) is 0 Å². The van der Waals surface area contributed by atoms with E-state index in [2.05, 4.69) is 9.97 Å². The monoisotopic (exact) mass is 267 g/mol. The van der Waals surface area contributed by atoms with Crippen LogP contribution in [0.1, 0.15) is 23.0 Å². The number of aromatic nitrogens is 2. The highest BCUT2D eigenvalue weighted by Gasteiger charge is 2.16. The Morgan fingerprint density at radius 2 is 1.82 bits per heavy atom. The fraction of sp³-hybridized carbons (Fsp3) is 0.167. The summed E-state index contributed by atoms with van der Waals surface area (Å²) in [5.41, 5.74) is 7.78. The third-order valence-electron chi connectivity index (χ3n) is 2.40. The Balaban J connectivity index is 2.40. The molecule has 2 aromatic rings. The van der Waals surface area contributed by atoms with E-state index in [1.807, 2.05) is 13.0 Å². The summed E-state index contributed by atoms with van der Waals surface area (Å²) in [6, 6.07) is 4.87. The highest BCUT2D eigenvalue weighted by molar-refractivity contribution is 6.42. The third-order valence-corrected chi connectivity index (χ3v) is 3.23. The van der Waals surface area contributed by atoms with Gasteiger partial charge in [0.05, 0.1) is 16.1 Å². The minimum absolute atomic E-state index is 0.450. The van der Waals surface area contributed by atoms with E-state index in [0.717, 1.165) is 11.1 Å². The van der Waals surface area contributed by atoms with Gasteiger partial charge in [0.15, 0.2) is 0 Å². The third kappa shape index (κ3) is 2.57. The van der Waals surface area contributed by atoms with Crippen LogP contribution in [0.5, 0.6) is 0 Å². The maximum atomic E-state index is 6.10. The number of benzene rings is 1. The zero-order valence-electron chi connectivity index (χ0n) is 9.19. The summed E-state index contributed by atoms with van der Waals surface area (Å²) in [5.74, 6) is 0.528. The molecule has 2 rings (SSSR count). The van der Waals surface area contributed by atoms with Crippen LogP contribution in [0.4, 0.5) is 0 Å². The number of halogens is 2. The molecule has 0 aliphatic carbocycles. The molecule has 0 saturated heterocycles. The Morgan fingerprint density at radius 3 is 2.47 bits per heavy atom. The van der Waals surface area contributed by atoms with Gasteiger partial charge >= 0.3 is 0 Å². The van der Waals surface area contributed by atoms with Gasteiger partial charge in [-0.05, 0) is 24.1 Å². The predicted octanol–water partition coefficient (Wildman–Crippen LogP) is 3.14. The summed E-state index contributed by atoms with van der Waals surface area (Å²) < 4.78 is 0. The summed E-state index contributed by atoms with van der Waals surface area (Å²) >= 11 is 12.0. The van der Waals surface area contributed by atoms with Gasteiger partial charge in [0, 0.05) is 12.4 Å². The lowest BCUT2D eigenvalue weighted by molar-refractivity contribution is 0.778. The zero-order chi connectivity index (χ0) is 12.4. The van der Waals surface area contributed by atoms with Crippen molar-refractivity contribution in [3.8, 4) is 0 Å². The largest absolute Gasteiger partial charge is 0.318 e. The van der Waals surface area contributed by atoms with Crippen LogP contribution in [0.2, 0.25) is 10.0 Å². The van der Waals surface area contributed by atoms with E-state index in [1.165, 1.54) is 0 Å². The molecule has 0 fully saturated rings. The SMILES string of the molecule is Cc1cnc(C(N)c2cccc(Cl)c2Cl)nc1. The molecule has 0 radical (unpaired) electrons. The summed E-state index contributed by atoms with van der Waals surface area (Å²) in [4.78, 5) is 8.38. The molecule has 0 aliphatic rings. The minimum Gasteiger partial charge on any atom is -0.318 e. The van der Waals surface area contributed by atoms with Crippen molar-refractivity contribution in [3.05, 3.63) is 57.6 Å². The Hall–Kier alpha value is -1.16. The molecule has 3 nitrogen and oxygen atoms in total. The molecule has 1 aromatic carbocycles. The van der Waals surface area contributed by atoms with E-state index in [-0.39, 0.29) is 0 Å². The van der Waals surface area contributed by atoms with Crippen molar-refractivity contribution in [2.45, 2.75) is 13.0 Å². The molecule has 1 heterocycles. The second-order valence-corrected chi connectivity index (χ2v) is 4.52. The molecule has 0 saturated carbocycles. The maximum absolute atomic E-state index is 6.10. The van der Waals surface area contributed by atoms with Gasteiger partial charge < -0.3 is 5.73 Å². The van der Waals surface area contributed by atoms with E-state index in [0.29, 0.717) is 15.9 Å². The summed E-state index contributed by atoms with van der Waals surface area (Å²) in [7, 11) is 0. The van der Waals surface area contributed by atoms with Crippen LogP contribution in [0.25, 0.3) is 0 Å². The molecular formula is C12H11Cl2N3. The first-order chi connectivity index (χ1) is 8.09. The van der Waals surface area contributed by atoms with Crippen LogP contribution in [0, 0.1) is 6.92 Å². The van der Waals surface area contributed by atoms with E-state index in [4.69, 9.17) is 28.9 Å². The van der Waals surface area contributed by atoms with Gasteiger partial charge in [-0.1, -0.05) is 35.3 Å². The van der Waals surface area contributed by atoms with Crippen molar-refractivity contribution in [1.29, 1.82) is 0 Å². The Morgan fingerprint density at radius 1 is 1.18 bits per heavy atom. The van der Waals surface area contributed by atoms with Gasteiger partial charge in [-0.15, -0.1) is 0 Å². The molecule has 0 spiro atoms. The van der Waals surface area contributed by atoms with Crippen LogP contribution < -0.4 is 5.73 Å². The molecular weight excluding hydrogens is 257 g/mol. The molecule has 0 aliphatic heterocycles. The van der Waals surface area contributed by atoms with Gasteiger partial charge in [0.2, 0.25) is 0 Å². The van der Waals surface area contributed by atoms with Gasteiger partial charge in [0.1, 0.15) is 5.82 Å². The second kappa shape index (κ2) is 5.00. The lowest BCUT2D eigenvalue weighted by Gasteiger charge is -2.13. The van der Waals surface area contributed by atoms with Gasteiger partial charge in [-0.2, -0.15) is 0 Å². The number of hydrogen-bond acceptors (Lipinski definition) is 3. The van der Waals surface area contributed by atoms with E-state index >= 15 is 0 Å². The van der Waals surface area contributed by atoms with Crippen LogP contribution >= 0.6 is 23.2 Å². The van der Waals surface area contributed by atoms with Gasteiger partial charge in [0.25, 0.3) is 0 Å². The number of nitrogens with two attached hydrogens (primary N) is 1. The number of hydrogen-bond donors (Lipinski definition) is 1. The minimum atomic E-state index is -0.471. The summed E-state index contributed by atoms with van der Waals surface area (Å²) in [5, 5.41) is 0.928. The number of aryl methyl sites for hydroxylation is 1. The highest BCUT2D eigenvalue weighted by Crippen LogP contribution is 2.30. The molecule has 17 heavy (non-hydrogen) atoms. The molecule has 5 heteroatoms. The molecule has 0 bridgehead atoms. The van der Waals surface area contributed by atoms with E-state index in [1.54, 1.807) is 24.5 Å². The van der Waals surface area contributed by atoms with Crippen LogP contribution in [0.3, 0.4) is 0 Å². The lowest BCUT2D eigenvalue weighted by Crippen LogP contribution is -2.15. The maximum Gasteiger partial charge on any atom is 0.149 e. The Bertz CT molecular complexity index is 526. The first kappa shape index (κ1) is 12.3. The summed E-state index contributed by atoms with van der Waals surface area (Å²) in [6.45, 7) is 1.92. The molecule has 0 amide bonds. The molecule has 2 N–H and O–H groups in total. The van der Waals surface area contributed by atoms with E-state index in [9.17, 15) is 0 Å². The van der Waals surface area contributed by atoms with Gasteiger partial charge in [-0.25, -0.2) is 9.97 Å². The Kier molecular flexibility index (Phi) is 3.62. The van der Waals surface area contributed by atoms with Crippen molar-refractivity contribution in [2.24, 2.45) is 5.73 Å². The van der Waals surface area contributed by atoms with Crippen LogP contribution in [-0.4, -0.2) is 9.97 Å². The molecule has 88 valence electrons. The number of nitrogens with zero attached hydrogens (tertiary/aromatic N) is 2. The predicted molar refractivity (Wildman–Crippen MR) is 69.3 cm³/mol. The lowest BCUT2D eigenvalue weighted by atomic mass is 10.1. The molecule has 1 atom stereocenters. The van der Waals surface area contributed by atoms with Crippen molar-refractivity contribution in [1.82, 2.24) is 9.97 Å². The fourth-order valence-electron chi connectivity index (χ4n) is 1.46. The number of rotatable bonds is 2. The topological polar surface area (TPSA) is 51.8 Å². The molecule has 1 aromatic heterocycles. The highest BCUT2D eigenvalue weighted by atomic mass is 35.5. The van der Waals surface area contributed by atoms with Crippen molar-refractivity contribution in [2.75, 3.05) is 0 Å². The first-order valence-corrected chi connectivity index (χ1v) is 5.83. The van der Waals surface area contributed by atoms with E-state index < -0.39 is 6.04 Å². The first-order valence-electron chi connectivity index (χ1n) is 5.07. The van der Waals surface area contributed by atoms with Crippen LogP contribution in [-0.2, 0) is 0 Å². The summed E-state index contributed by atoms with van der Waals surface area (Å²) in [6.07, 6.45) is 3.45. The average molecular weight is 268 g/mol. The smallest absolute Gasteiger partial charge is 0.149 e. The Labute approximate surface area is 110 Å². The quantitative estimate of drug-likeness (QED) is 0.910. The average Bonchev–Trinajstić information content (AvgIpc) is 2.33. The van der Waals surface area contributed by atoms with Gasteiger partial charge in [-0.3, -0.25) is 0 Å².